The van der Waals surface area contributed by atoms with Crippen molar-refractivity contribution in [3.05, 3.63) is 35.4 Å². The largest absolute Gasteiger partial charge is 0.356 e. The van der Waals surface area contributed by atoms with Crippen LogP contribution in [0.2, 0.25) is 0 Å². The molecule has 1 saturated heterocycles. The van der Waals surface area contributed by atoms with Gasteiger partial charge in [-0.2, -0.15) is 11.8 Å². The maximum atomic E-state index is 12.1. The van der Waals surface area contributed by atoms with Crippen LogP contribution in [-0.4, -0.2) is 43.2 Å². The van der Waals surface area contributed by atoms with Gasteiger partial charge in [0.25, 0.3) is 0 Å². The van der Waals surface area contributed by atoms with E-state index < -0.39 is 0 Å². The number of benzene rings is 1. The van der Waals surface area contributed by atoms with Gasteiger partial charge in [-0.25, -0.2) is 0 Å². The number of nitrogens with one attached hydrogen (secondary N) is 1. The smallest absolute Gasteiger partial charge is 0.224 e. The first-order valence-electron chi connectivity index (χ1n) is 8.24. The Morgan fingerprint density at radius 3 is 2.86 bits per heavy atom. The van der Waals surface area contributed by atoms with Gasteiger partial charge in [-0.3, -0.25) is 4.79 Å². The predicted molar refractivity (Wildman–Crippen MR) is 95.2 cm³/mol. The third kappa shape index (κ3) is 6.01. The molecule has 4 heteroatoms. The molecule has 1 aromatic rings. The number of thioether (sulfide) groups is 1. The summed E-state index contributed by atoms with van der Waals surface area (Å²) in [4.78, 5) is 14.3. The van der Waals surface area contributed by atoms with E-state index in [0.717, 1.165) is 50.4 Å². The number of piperidine rings is 1. The van der Waals surface area contributed by atoms with Gasteiger partial charge in [-0.15, -0.1) is 0 Å². The van der Waals surface area contributed by atoms with Gasteiger partial charge in [0.1, 0.15) is 0 Å². The molecule has 0 aliphatic carbocycles. The van der Waals surface area contributed by atoms with Crippen LogP contribution in [0.5, 0.6) is 0 Å². The number of hydrogen-bond acceptors (Lipinski definition) is 3. The molecular formula is C18H28N2OS. The molecule has 0 bridgehead atoms. The fourth-order valence-electron chi connectivity index (χ4n) is 2.78. The zero-order chi connectivity index (χ0) is 15.8. The average molecular weight is 321 g/mol. The van der Waals surface area contributed by atoms with E-state index in [9.17, 15) is 4.79 Å². The molecule has 1 aliphatic rings. The van der Waals surface area contributed by atoms with Gasteiger partial charge in [-0.1, -0.05) is 29.8 Å². The van der Waals surface area contributed by atoms with Gasteiger partial charge in [0.05, 0.1) is 5.92 Å². The summed E-state index contributed by atoms with van der Waals surface area (Å²) >= 11 is 1.94. The highest BCUT2D eigenvalue weighted by atomic mass is 32.2. The van der Waals surface area contributed by atoms with Crippen molar-refractivity contribution in [1.29, 1.82) is 0 Å². The second-order valence-corrected chi connectivity index (χ2v) is 7.39. The van der Waals surface area contributed by atoms with Gasteiger partial charge in [0.2, 0.25) is 5.91 Å². The summed E-state index contributed by atoms with van der Waals surface area (Å²) in [6, 6.07) is 8.72. The highest BCUT2D eigenvalue weighted by Crippen LogP contribution is 2.15. The van der Waals surface area contributed by atoms with Crippen LogP contribution in [0.3, 0.4) is 0 Å². The molecule has 1 amide bonds. The number of hydrogen-bond donors (Lipinski definition) is 1. The number of amides is 1. The van der Waals surface area contributed by atoms with E-state index in [-0.39, 0.29) is 11.8 Å². The third-order valence-corrected chi connectivity index (χ3v) is 5.26. The molecule has 0 saturated carbocycles. The maximum Gasteiger partial charge on any atom is 0.224 e. The topological polar surface area (TPSA) is 32.3 Å². The third-order valence-electron chi connectivity index (χ3n) is 4.15. The minimum atomic E-state index is 0.193. The number of carbonyl (C=O) groups excluding carboxylic acids is 1. The molecule has 1 fully saturated rings. The van der Waals surface area contributed by atoms with E-state index >= 15 is 0 Å². The molecule has 0 aromatic heterocycles. The SMILES string of the molecule is Cc1ccc(CSCCCNC(=O)[C@H]2CCCN(C)C2)cc1. The molecule has 22 heavy (non-hydrogen) atoms. The Hall–Kier alpha value is -1.00. The second-order valence-electron chi connectivity index (χ2n) is 6.28. The molecule has 0 unspecified atom stereocenters. The van der Waals surface area contributed by atoms with Crippen LogP contribution in [0, 0.1) is 12.8 Å². The Bertz CT molecular complexity index is 461. The molecule has 122 valence electrons. The molecular weight excluding hydrogens is 292 g/mol. The lowest BCUT2D eigenvalue weighted by molar-refractivity contribution is -0.126. The van der Waals surface area contributed by atoms with Crippen LogP contribution in [0.4, 0.5) is 0 Å². The maximum absolute atomic E-state index is 12.1. The van der Waals surface area contributed by atoms with Gasteiger partial charge < -0.3 is 10.2 Å². The number of nitrogens with zero attached hydrogens (tertiary/aromatic N) is 1. The number of rotatable bonds is 7. The van der Waals surface area contributed by atoms with Crippen molar-refractivity contribution in [1.82, 2.24) is 10.2 Å². The molecule has 0 spiro atoms. The Morgan fingerprint density at radius 2 is 2.14 bits per heavy atom. The van der Waals surface area contributed by atoms with E-state index in [1.807, 2.05) is 11.8 Å². The zero-order valence-electron chi connectivity index (χ0n) is 13.8. The van der Waals surface area contributed by atoms with Crippen LogP contribution in [0.25, 0.3) is 0 Å². The first-order valence-corrected chi connectivity index (χ1v) is 9.40. The first kappa shape index (κ1) is 17.4. The van der Waals surface area contributed by atoms with Crippen LogP contribution in [0.15, 0.2) is 24.3 Å². The minimum absolute atomic E-state index is 0.193. The molecule has 1 atom stereocenters. The first-order chi connectivity index (χ1) is 10.6. The van der Waals surface area contributed by atoms with Crippen molar-refractivity contribution < 1.29 is 4.79 Å². The summed E-state index contributed by atoms with van der Waals surface area (Å²) in [5.41, 5.74) is 2.69. The van der Waals surface area contributed by atoms with Crippen LogP contribution >= 0.6 is 11.8 Å². The lowest BCUT2D eigenvalue weighted by Crippen LogP contribution is -2.41. The molecule has 1 heterocycles. The number of aryl methyl sites for hydroxylation is 1. The second kappa shape index (κ2) is 9.21. The number of carbonyl (C=O) groups is 1. The van der Waals surface area contributed by atoms with Crippen molar-refractivity contribution in [3.8, 4) is 0 Å². The van der Waals surface area contributed by atoms with Crippen molar-refractivity contribution >= 4 is 17.7 Å². The lowest BCUT2D eigenvalue weighted by atomic mass is 9.98. The highest BCUT2D eigenvalue weighted by Gasteiger charge is 2.23. The Morgan fingerprint density at radius 1 is 1.36 bits per heavy atom. The van der Waals surface area contributed by atoms with E-state index in [4.69, 9.17) is 0 Å². The van der Waals surface area contributed by atoms with E-state index in [1.165, 1.54) is 11.1 Å². The zero-order valence-corrected chi connectivity index (χ0v) is 14.6. The van der Waals surface area contributed by atoms with Crippen LogP contribution in [-0.2, 0) is 10.5 Å². The van der Waals surface area contributed by atoms with Crippen molar-refractivity contribution in [2.45, 2.75) is 31.9 Å². The molecule has 1 N–H and O–H groups in total. The van der Waals surface area contributed by atoms with E-state index in [1.54, 1.807) is 0 Å². The standard InChI is InChI=1S/C18H28N2OS/c1-15-6-8-16(9-7-15)14-22-12-4-10-19-18(21)17-5-3-11-20(2)13-17/h6-9,17H,3-5,10-14H2,1-2H3,(H,19,21)/t17-/m0/s1. The lowest BCUT2D eigenvalue weighted by Gasteiger charge is -2.28. The Labute approximate surface area is 138 Å². The Kier molecular flexibility index (Phi) is 7.26. The van der Waals surface area contributed by atoms with Gasteiger partial charge in [0.15, 0.2) is 0 Å². The van der Waals surface area contributed by atoms with Gasteiger partial charge >= 0.3 is 0 Å². The van der Waals surface area contributed by atoms with Crippen molar-refractivity contribution in [2.24, 2.45) is 5.92 Å². The monoisotopic (exact) mass is 320 g/mol. The normalized spacial score (nSPS) is 19.1. The summed E-state index contributed by atoms with van der Waals surface area (Å²) in [5, 5.41) is 3.10. The van der Waals surface area contributed by atoms with E-state index in [2.05, 4.69) is 48.5 Å². The fraction of sp³-hybridized carbons (Fsp3) is 0.611. The molecule has 0 radical (unpaired) electrons. The quantitative estimate of drug-likeness (QED) is 0.784. The van der Waals surface area contributed by atoms with Crippen LogP contribution in [0.1, 0.15) is 30.4 Å². The predicted octanol–water partition coefficient (Wildman–Crippen LogP) is 3.08. The van der Waals surface area contributed by atoms with Crippen molar-refractivity contribution in [2.75, 3.05) is 32.4 Å². The van der Waals surface area contributed by atoms with Gasteiger partial charge in [0, 0.05) is 18.8 Å². The minimum Gasteiger partial charge on any atom is -0.356 e. The Balaban J connectivity index is 1.53. The van der Waals surface area contributed by atoms with Gasteiger partial charge in [-0.05, 0) is 51.1 Å². The summed E-state index contributed by atoms with van der Waals surface area (Å²) in [6.07, 6.45) is 3.23. The molecule has 2 rings (SSSR count). The van der Waals surface area contributed by atoms with Crippen molar-refractivity contribution in [3.63, 3.8) is 0 Å². The highest BCUT2D eigenvalue weighted by molar-refractivity contribution is 7.98. The molecule has 1 aliphatic heterocycles. The summed E-state index contributed by atoms with van der Waals surface area (Å²) in [7, 11) is 2.10. The number of likely N-dealkylation sites (tertiary alicyclic amines) is 1. The average Bonchev–Trinajstić information content (AvgIpc) is 2.52. The summed E-state index contributed by atoms with van der Waals surface area (Å²) < 4.78 is 0. The van der Waals surface area contributed by atoms with E-state index in [0.29, 0.717) is 0 Å². The molecule has 3 nitrogen and oxygen atoms in total. The summed E-state index contributed by atoms with van der Waals surface area (Å²) in [5.74, 6) is 2.59. The summed E-state index contributed by atoms with van der Waals surface area (Å²) in [6.45, 7) is 4.96. The fourth-order valence-corrected chi connectivity index (χ4v) is 3.71. The van der Waals surface area contributed by atoms with Crippen LogP contribution < -0.4 is 5.32 Å². The molecule has 1 aromatic carbocycles.